The molecule has 3 saturated carbocycles. The summed E-state index contributed by atoms with van der Waals surface area (Å²) in [5, 5.41) is 39.9. The Morgan fingerprint density at radius 3 is 2.48 bits per heavy atom. The molecule has 1 saturated heterocycles. The highest BCUT2D eigenvalue weighted by atomic mass is 16.7. The number of ketones is 1. The Morgan fingerprint density at radius 2 is 1.76 bits per heavy atom. The molecule has 33 heavy (non-hydrogen) atoms. The van der Waals surface area contributed by atoms with E-state index in [0.29, 0.717) is 24.2 Å². The van der Waals surface area contributed by atoms with Crippen molar-refractivity contribution in [1.82, 2.24) is 0 Å². The van der Waals surface area contributed by atoms with E-state index in [1.807, 2.05) is 6.08 Å². The van der Waals surface area contributed by atoms with Crippen LogP contribution in [-0.4, -0.2) is 69.0 Å². The predicted molar refractivity (Wildman–Crippen MR) is 116 cm³/mol. The molecule has 0 aromatic rings. The summed E-state index contributed by atoms with van der Waals surface area (Å²) in [6.45, 7) is 4.58. The molecule has 8 heteroatoms. The van der Waals surface area contributed by atoms with Gasteiger partial charge in [0.05, 0.1) is 6.10 Å². The van der Waals surface area contributed by atoms with E-state index < -0.39 is 36.7 Å². The van der Waals surface area contributed by atoms with Crippen molar-refractivity contribution in [3.05, 3.63) is 11.6 Å². The van der Waals surface area contributed by atoms with E-state index in [2.05, 4.69) is 13.8 Å². The second kappa shape index (κ2) is 8.12. The first-order chi connectivity index (χ1) is 15.6. The number of carbonyl (C=O) groups excluding carboxylic acids is 1. The molecule has 11 atom stereocenters. The highest BCUT2D eigenvalue weighted by Gasteiger charge is 2.60. The molecule has 1 heterocycles. The van der Waals surface area contributed by atoms with Crippen LogP contribution in [0.25, 0.3) is 0 Å². The topological polar surface area (TPSA) is 134 Å². The van der Waals surface area contributed by atoms with E-state index in [4.69, 9.17) is 9.47 Å². The molecule has 0 radical (unpaired) electrons. The molecule has 0 bridgehead atoms. The normalized spacial score (nSPS) is 51.8. The van der Waals surface area contributed by atoms with Crippen molar-refractivity contribution in [3.63, 3.8) is 0 Å². The summed E-state index contributed by atoms with van der Waals surface area (Å²) in [7, 11) is 0. The Bertz CT molecular complexity index is 855. The van der Waals surface area contributed by atoms with E-state index in [9.17, 15) is 30.0 Å². The first kappa shape index (κ1) is 23.4. The molecule has 0 aromatic carbocycles. The van der Waals surface area contributed by atoms with Crippen molar-refractivity contribution in [2.45, 2.75) is 102 Å². The molecular weight excluding hydrogens is 428 g/mol. The first-order valence-corrected chi connectivity index (χ1v) is 12.4. The van der Waals surface area contributed by atoms with Gasteiger partial charge < -0.3 is 29.9 Å². The van der Waals surface area contributed by atoms with E-state index in [1.54, 1.807) is 0 Å². The van der Waals surface area contributed by atoms with Crippen LogP contribution < -0.4 is 0 Å². The highest BCUT2D eigenvalue weighted by Crippen LogP contribution is 2.65. The number of carboxylic acid groups (broad SMARTS) is 1. The van der Waals surface area contributed by atoms with Crippen molar-refractivity contribution < 1.29 is 39.5 Å². The van der Waals surface area contributed by atoms with Gasteiger partial charge in [0, 0.05) is 6.42 Å². The lowest BCUT2D eigenvalue weighted by atomic mass is 9.47. The number of aliphatic hydroxyl groups excluding tert-OH is 3. The van der Waals surface area contributed by atoms with Crippen LogP contribution in [0.3, 0.4) is 0 Å². The summed E-state index contributed by atoms with van der Waals surface area (Å²) in [5.41, 5.74) is 1.29. The lowest BCUT2D eigenvalue weighted by molar-refractivity contribution is -0.312. The van der Waals surface area contributed by atoms with Gasteiger partial charge in [0.15, 0.2) is 18.2 Å². The zero-order valence-electron chi connectivity index (χ0n) is 19.4. The van der Waals surface area contributed by atoms with Crippen molar-refractivity contribution in [2.24, 2.45) is 28.6 Å². The van der Waals surface area contributed by atoms with Gasteiger partial charge in [0.25, 0.3) is 0 Å². The molecule has 0 amide bonds. The van der Waals surface area contributed by atoms with Gasteiger partial charge in [0.1, 0.15) is 18.3 Å². The van der Waals surface area contributed by atoms with E-state index >= 15 is 0 Å². The van der Waals surface area contributed by atoms with Gasteiger partial charge in [-0.05, 0) is 79.6 Å². The third-order valence-corrected chi connectivity index (χ3v) is 9.99. The second-order valence-corrected chi connectivity index (χ2v) is 11.5. The number of aliphatic hydroxyl groups is 3. The third kappa shape index (κ3) is 3.52. The largest absolute Gasteiger partial charge is 0.479 e. The van der Waals surface area contributed by atoms with Gasteiger partial charge in [-0.15, -0.1) is 0 Å². The van der Waals surface area contributed by atoms with Gasteiger partial charge in [-0.25, -0.2) is 4.79 Å². The average molecular weight is 465 g/mol. The molecule has 184 valence electrons. The lowest BCUT2D eigenvalue weighted by Gasteiger charge is -2.58. The number of rotatable bonds is 3. The fourth-order valence-electron chi connectivity index (χ4n) is 8.06. The van der Waals surface area contributed by atoms with Crippen LogP contribution in [0.5, 0.6) is 0 Å². The maximum Gasteiger partial charge on any atom is 0.335 e. The van der Waals surface area contributed by atoms with Crippen LogP contribution in [0.15, 0.2) is 11.6 Å². The average Bonchev–Trinajstić information content (AvgIpc) is 3.10. The Morgan fingerprint density at radius 1 is 1.00 bits per heavy atom. The summed E-state index contributed by atoms with van der Waals surface area (Å²) in [6.07, 6.45) is 1.24. The molecule has 8 nitrogen and oxygen atoms in total. The van der Waals surface area contributed by atoms with E-state index in [-0.39, 0.29) is 22.7 Å². The number of aliphatic carboxylic acids is 1. The van der Waals surface area contributed by atoms with Crippen LogP contribution in [0.4, 0.5) is 0 Å². The Labute approximate surface area is 194 Å². The molecule has 0 spiro atoms. The summed E-state index contributed by atoms with van der Waals surface area (Å²) in [4.78, 5) is 23.5. The number of hydrogen-bond donors (Lipinski definition) is 4. The van der Waals surface area contributed by atoms with Crippen molar-refractivity contribution in [3.8, 4) is 0 Å². The summed E-state index contributed by atoms with van der Waals surface area (Å²) >= 11 is 0. The Kier molecular flexibility index (Phi) is 5.77. The van der Waals surface area contributed by atoms with Gasteiger partial charge in [-0.3, -0.25) is 4.79 Å². The van der Waals surface area contributed by atoms with Crippen molar-refractivity contribution >= 4 is 11.8 Å². The molecule has 1 aliphatic heterocycles. The summed E-state index contributed by atoms with van der Waals surface area (Å²) < 4.78 is 11.6. The maximum atomic E-state index is 12.0. The molecule has 5 aliphatic rings. The van der Waals surface area contributed by atoms with Crippen LogP contribution in [0.2, 0.25) is 0 Å². The monoisotopic (exact) mass is 464 g/mol. The fraction of sp³-hybridized carbons (Fsp3) is 0.840. The van der Waals surface area contributed by atoms with Crippen LogP contribution in [-0.2, 0) is 19.1 Å². The van der Waals surface area contributed by atoms with Gasteiger partial charge in [-0.1, -0.05) is 19.4 Å². The minimum atomic E-state index is -1.72. The summed E-state index contributed by atoms with van der Waals surface area (Å²) in [5.74, 6) is 0.400. The lowest BCUT2D eigenvalue weighted by Crippen LogP contribution is -2.61. The number of allylic oxidation sites excluding steroid dienone is 1. The fourth-order valence-corrected chi connectivity index (χ4v) is 8.06. The van der Waals surface area contributed by atoms with Crippen molar-refractivity contribution in [2.75, 3.05) is 0 Å². The van der Waals surface area contributed by atoms with E-state index in [0.717, 1.165) is 44.9 Å². The quantitative estimate of drug-likeness (QED) is 0.497. The number of hydrogen-bond acceptors (Lipinski definition) is 7. The Hall–Kier alpha value is -1.32. The third-order valence-electron chi connectivity index (χ3n) is 9.99. The van der Waals surface area contributed by atoms with Gasteiger partial charge in [-0.2, -0.15) is 0 Å². The van der Waals surface area contributed by atoms with Gasteiger partial charge in [0.2, 0.25) is 0 Å². The molecule has 4 fully saturated rings. The smallest absolute Gasteiger partial charge is 0.335 e. The predicted octanol–water partition coefficient (Wildman–Crippen LogP) is 1.80. The summed E-state index contributed by atoms with van der Waals surface area (Å²) in [6, 6.07) is 0. The molecule has 3 unspecified atom stereocenters. The SMILES string of the molecule is C[C@]12CCC(=O)C=C1CCC1C2CC[C@@]2(C)C1CC[C@@H]2O[C@@H]1O[C@H](C(=O)O)[C@@H](O)[C@H](O)[C@H]1O. The van der Waals surface area contributed by atoms with Crippen LogP contribution >= 0.6 is 0 Å². The number of ether oxygens (including phenoxy) is 2. The molecule has 0 aromatic heterocycles. The highest BCUT2D eigenvalue weighted by molar-refractivity contribution is 5.91. The van der Waals surface area contributed by atoms with Crippen molar-refractivity contribution in [1.29, 1.82) is 0 Å². The van der Waals surface area contributed by atoms with E-state index in [1.165, 1.54) is 5.57 Å². The Balaban J connectivity index is 1.34. The molecule has 5 rings (SSSR count). The zero-order valence-corrected chi connectivity index (χ0v) is 19.4. The van der Waals surface area contributed by atoms with Gasteiger partial charge >= 0.3 is 5.97 Å². The molecule has 4 aliphatic carbocycles. The second-order valence-electron chi connectivity index (χ2n) is 11.5. The minimum absolute atomic E-state index is 0.0920. The number of carboxylic acids is 1. The molecular formula is C25H36O8. The van der Waals surface area contributed by atoms with Crippen LogP contribution in [0.1, 0.15) is 65.2 Å². The number of fused-ring (bicyclic) bond motifs is 5. The number of carbonyl (C=O) groups is 2. The maximum absolute atomic E-state index is 12.0. The molecule has 4 N–H and O–H groups in total. The first-order valence-electron chi connectivity index (χ1n) is 12.4. The zero-order chi connectivity index (χ0) is 23.7. The van der Waals surface area contributed by atoms with Crippen LogP contribution in [0, 0.1) is 28.6 Å². The standard InChI is InChI=1S/C25H36O8/c1-24-9-7-13(26)11-12(24)3-4-14-15-5-6-17(25(15,2)10-8-16(14)24)32-23-20(29)18(27)19(28)21(33-23)22(30)31/h11,14-21,23,27-29H,3-10H2,1-2H3,(H,30,31)/t14?,15?,16?,17-,18-,19-,20+,21-,23+,24-,25-/m0/s1. The minimum Gasteiger partial charge on any atom is -0.479 e.